The summed E-state index contributed by atoms with van der Waals surface area (Å²) in [6.07, 6.45) is 11.6. The molecule has 3 aliphatic carbocycles. The van der Waals surface area contributed by atoms with Crippen LogP contribution in [0.3, 0.4) is 0 Å². The van der Waals surface area contributed by atoms with E-state index in [1.165, 1.54) is 34.4 Å². The van der Waals surface area contributed by atoms with Crippen molar-refractivity contribution in [3.63, 3.8) is 0 Å². The Labute approximate surface area is 336 Å². The molecule has 1 aromatic heterocycles. The molecule has 1 fully saturated rings. The van der Waals surface area contributed by atoms with Crippen LogP contribution in [0.15, 0.2) is 79.0 Å². The van der Waals surface area contributed by atoms with Gasteiger partial charge in [0.25, 0.3) is 0 Å². The van der Waals surface area contributed by atoms with Crippen LogP contribution >= 0.6 is 11.6 Å². The number of carbonyl (C=O) groups is 2. The number of nitrogens with zero attached hydrogens (tertiary/aromatic N) is 2. The summed E-state index contributed by atoms with van der Waals surface area (Å²) in [5, 5.41) is 14.7. The molecule has 8 nitrogen and oxygen atoms in total. The Hall–Kier alpha value is -4.56. The summed E-state index contributed by atoms with van der Waals surface area (Å²) >= 11 is 6.31. The minimum Gasteiger partial charge on any atom is -0.494 e. The number of amides is 1. The molecule has 2 N–H and O–H groups in total. The molecule has 0 bridgehead atoms. The first-order chi connectivity index (χ1) is 27.1. The summed E-state index contributed by atoms with van der Waals surface area (Å²) in [5.74, 6) is 2.16. The fourth-order valence-corrected chi connectivity index (χ4v) is 10.5. The van der Waals surface area contributed by atoms with Crippen LogP contribution in [-0.4, -0.2) is 47.3 Å². The average molecular weight is 776 g/mol. The topological polar surface area (TPSA) is 101 Å². The van der Waals surface area contributed by atoms with Crippen molar-refractivity contribution >= 4 is 34.9 Å². The smallest absolute Gasteiger partial charge is 0.329 e. The molecule has 4 aromatic rings. The molecule has 1 aliphatic heterocycles. The second-order valence-electron chi connectivity index (χ2n) is 16.9. The van der Waals surface area contributed by atoms with Crippen molar-refractivity contribution in [2.45, 2.75) is 108 Å². The molecule has 3 aromatic carbocycles. The number of carboxylic acids is 1. The van der Waals surface area contributed by atoms with Crippen LogP contribution in [0.1, 0.15) is 106 Å². The fraction of sp³-hybridized carbons (Fsp3) is 0.468. The number of benzene rings is 3. The first-order valence-corrected chi connectivity index (χ1v) is 21.0. The van der Waals surface area contributed by atoms with Gasteiger partial charge < -0.3 is 24.8 Å². The normalized spacial score (nSPS) is 24.2. The molecule has 9 heteroatoms. The average Bonchev–Trinajstić information content (AvgIpc) is 3.75. The van der Waals surface area contributed by atoms with Gasteiger partial charge in [-0.25, -0.2) is 4.79 Å². The van der Waals surface area contributed by atoms with Crippen LogP contribution in [-0.2, 0) is 34.3 Å². The number of halogens is 1. The highest BCUT2D eigenvalue weighted by Gasteiger charge is 2.54. The highest BCUT2D eigenvalue weighted by molar-refractivity contribution is 6.30. The first-order valence-electron chi connectivity index (χ1n) is 20.7. The van der Waals surface area contributed by atoms with Gasteiger partial charge in [0.2, 0.25) is 5.91 Å². The first kappa shape index (κ1) is 38.3. The molecule has 0 radical (unpaired) electrons. The van der Waals surface area contributed by atoms with Crippen LogP contribution < -0.4 is 19.7 Å². The van der Waals surface area contributed by atoms with E-state index in [1.54, 1.807) is 12.1 Å². The van der Waals surface area contributed by atoms with Gasteiger partial charge >= 0.3 is 5.97 Å². The van der Waals surface area contributed by atoms with Crippen LogP contribution in [0.5, 0.6) is 11.5 Å². The Kier molecular flexibility index (Phi) is 11.0. The number of fused-ring (bicyclic) bond motifs is 4. The van der Waals surface area contributed by atoms with Crippen LogP contribution in [0.2, 0.25) is 5.02 Å². The van der Waals surface area contributed by atoms with E-state index in [2.05, 4.69) is 48.4 Å². The zero-order valence-corrected chi connectivity index (χ0v) is 33.5. The van der Waals surface area contributed by atoms with Crippen molar-refractivity contribution in [1.29, 1.82) is 0 Å². The van der Waals surface area contributed by atoms with Crippen LogP contribution in [0.4, 0.5) is 11.4 Å². The second kappa shape index (κ2) is 16.1. The van der Waals surface area contributed by atoms with E-state index in [9.17, 15) is 14.7 Å². The summed E-state index contributed by atoms with van der Waals surface area (Å²) in [6, 6.07) is 24.0. The number of nitrogens with one attached hydrogen (secondary N) is 1. The fourth-order valence-electron chi connectivity index (χ4n) is 10.3. The standard InChI is InChI=1S/C47H54ClN3O5/c1-31(30-56-42-17-23-49-40-12-5-8-32(2)44(40)42)26-35-27-34-15-16-38(55-25-7-14-43(52)51-24-18-33-9-3-4-13-41(33)51)29-39(34)46(35)19-21-47(22-20-46,45(53)54)50-37-11-6-10-36(48)28-37/h3-4,6,9-11,13,15-17,23,28-29,31-32,35,50H,5,7-8,12,14,18-22,24-27,30H2,1-2H3,(H,53,54)/t31-,32-,35+,46?,47?/m1/s1. The van der Waals surface area contributed by atoms with Crippen molar-refractivity contribution in [2.75, 3.05) is 30.0 Å². The lowest BCUT2D eigenvalue weighted by molar-refractivity contribution is -0.144. The number of para-hydroxylation sites is 1. The monoisotopic (exact) mass is 775 g/mol. The van der Waals surface area contributed by atoms with Crippen LogP contribution in [0.25, 0.3) is 0 Å². The predicted molar refractivity (Wildman–Crippen MR) is 221 cm³/mol. The SMILES string of the molecule is C[C@@H](COc1ccnc2c1[C@H](C)CCC2)C[C@H]1Cc2ccc(OCCCC(=O)N3CCc4ccccc43)cc2C12CCC(Nc1cccc(Cl)c1)(C(=O)O)CC2. The Bertz CT molecular complexity index is 2080. The lowest BCUT2D eigenvalue weighted by Crippen LogP contribution is -2.53. The van der Waals surface area contributed by atoms with E-state index < -0.39 is 11.5 Å². The number of hydrogen-bond acceptors (Lipinski definition) is 6. The number of rotatable bonds is 13. The highest BCUT2D eigenvalue weighted by atomic mass is 35.5. The zero-order valence-electron chi connectivity index (χ0n) is 32.7. The molecular weight excluding hydrogens is 722 g/mol. The third-order valence-corrected chi connectivity index (χ3v) is 13.5. The number of carbonyl (C=O) groups excluding carboxylic acids is 1. The largest absolute Gasteiger partial charge is 0.494 e. The van der Waals surface area contributed by atoms with Gasteiger partial charge in [-0.3, -0.25) is 9.78 Å². The van der Waals surface area contributed by atoms with E-state index >= 15 is 0 Å². The van der Waals surface area contributed by atoms with Gasteiger partial charge in [0.1, 0.15) is 17.0 Å². The molecule has 0 saturated heterocycles. The lowest BCUT2D eigenvalue weighted by Gasteiger charge is -2.47. The number of hydrogen-bond donors (Lipinski definition) is 2. The van der Waals surface area contributed by atoms with E-state index in [1.807, 2.05) is 47.5 Å². The molecule has 0 unspecified atom stereocenters. The Morgan fingerprint density at radius 3 is 2.66 bits per heavy atom. The third-order valence-electron chi connectivity index (χ3n) is 13.3. The highest BCUT2D eigenvalue weighted by Crippen LogP contribution is 2.57. The predicted octanol–water partition coefficient (Wildman–Crippen LogP) is 9.95. The molecule has 2 heterocycles. The van der Waals surface area contributed by atoms with E-state index in [-0.39, 0.29) is 11.3 Å². The Balaban J connectivity index is 0.981. The number of aliphatic carboxylic acids is 1. The van der Waals surface area contributed by atoms with E-state index in [0.717, 1.165) is 74.4 Å². The Morgan fingerprint density at radius 2 is 1.84 bits per heavy atom. The summed E-state index contributed by atoms with van der Waals surface area (Å²) in [6.45, 7) is 6.38. The maximum Gasteiger partial charge on any atom is 0.329 e. The molecule has 8 rings (SSSR count). The van der Waals surface area contributed by atoms with Gasteiger partial charge in [0, 0.05) is 46.8 Å². The van der Waals surface area contributed by atoms with Gasteiger partial charge in [-0.2, -0.15) is 0 Å². The quantitative estimate of drug-likeness (QED) is 0.130. The van der Waals surface area contributed by atoms with Gasteiger partial charge in [0.15, 0.2) is 0 Å². The van der Waals surface area contributed by atoms with Crippen molar-refractivity contribution in [2.24, 2.45) is 11.8 Å². The molecular formula is C47H54ClN3O5. The zero-order chi connectivity index (χ0) is 38.9. The number of aryl methyl sites for hydroxylation is 1. The second-order valence-corrected chi connectivity index (χ2v) is 17.3. The molecule has 56 heavy (non-hydrogen) atoms. The van der Waals surface area contributed by atoms with Gasteiger partial charge in [-0.15, -0.1) is 0 Å². The minimum atomic E-state index is -1.09. The van der Waals surface area contributed by atoms with Crippen molar-refractivity contribution in [1.82, 2.24) is 4.98 Å². The Morgan fingerprint density at radius 1 is 1.00 bits per heavy atom. The molecule has 1 amide bonds. The van der Waals surface area contributed by atoms with Gasteiger partial charge in [0.05, 0.1) is 13.2 Å². The lowest BCUT2D eigenvalue weighted by atomic mass is 9.59. The molecule has 3 atom stereocenters. The van der Waals surface area contributed by atoms with Gasteiger partial charge in [-0.05, 0) is 153 Å². The number of ether oxygens (including phenoxy) is 2. The maximum atomic E-state index is 13.1. The number of carboxylic acid groups (broad SMARTS) is 1. The van der Waals surface area contributed by atoms with E-state index in [4.69, 9.17) is 21.1 Å². The van der Waals surface area contributed by atoms with Gasteiger partial charge in [-0.1, -0.05) is 55.8 Å². The van der Waals surface area contributed by atoms with Crippen LogP contribution in [0, 0.1) is 11.8 Å². The summed E-state index contributed by atoms with van der Waals surface area (Å²) in [5.41, 5.74) is 6.77. The van der Waals surface area contributed by atoms with Crippen molar-refractivity contribution in [3.05, 3.63) is 112 Å². The van der Waals surface area contributed by atoms with Crippen molar-refractivity contribution in [3.8, 4) is 11.5 Å². The summed E-state index contributed by atoms with van der Waals surface area (Å²) < 4.78 is 13.0. The summed E-state index contributed by atoms with van der Waals surface area (Å²) in [4.78, 5) is 32.8. The minimum absolute atomic E-state index is 0.140. The molecule has 1 spiro atoms. The van der Waals surface area contributed by atoms with E-state index in [0.29, 0.717) is 61.7 Å². The molecule has 4 aliphatic rings. The maximum absolute atomic E-state index is 13.1. The molecule has 294 valence electrons. The van der Waals surface area contributed by atoms with Crippen molar-refractivity contribution < 1.29 is 24.2 Å². The number of aromatic nitrogens is 1. The summed E-state index contributed by atoms with van der Waals surface area (Å²) in [7, 11) is 0. The third kappa shape index (κ3) is 7.61. The number of pyridine rings is 1. The number of anilines is 2. The molecule has 1 saturated carbocycles.